The Balaban J connectivity index is 1.39. The van der Waals surface area contributed by atoms with Crippen LogP contribution in [0, 0.1) is 12.5 Å². The van der Waals surface area contributed by atoms with Crippen LogP contribution in [0.15, 0.2) is 48.8 Å². The zero-order valence-corrected chi connectivity index (χ0v) is 19.5. The van der Waals surface area contributed by atoms with Gasteiger partial charge in [-0.3, -0.25) is 4.79 Å². The first-order valence-electron chi connectivity index (χ1n) is 12.1. The molecular formula is C26H29N7O2. The molecule has 2 aliphatic rings. The zero-order valence-electron chi connectivity index (χ0n) is 19.5. The molecule has 1 amide bonds. The highest BCUT2D eigenvalue weighted by molar-refractivity contribution is 5.85. The Morgan fingerprint density at radius 2 is 1.94 bits per heavy atom. The van der Waals surface area contributed by atoms with Crippen molar-refractivity contribution >= 4 is 23.4 Å². The number of aromatic nitrogens is 3. The number of hydrogen-bond donors (Lipinski definition) is 3. The van der Waals surface area contributed by atoms with Gasteiger partial charge in [-0.25, -0.2) is 4.85 Å². The normalized spacial score (nSPS) is 18.5. The van der Waals surface area contributed by atoms with E-state index < -0.39 is 6.04 Å². The number of fused-ring (bicyclic) bond motifs is 1. The van der Waals surface area contributed by atoms with Crippen molar-refractivity contribution in [1.29, 1.82) is 0 Å². The molecule has 35 heavy (non-hydrogen) atoms. The van der Waals surface area contributed by atoms with Gasteiger partial charge in [-0.1, -0.05) is 31.4 Å². The van der Waals surface area contributed by atoms with Crippen LogP contribution >= 0.6 is 0 Å². The third-order valence-corrected chi connectivity index (χ3v) is 6.79. The highest BCUT2D eigenvalue weighted by Crippen LogP contribution is 2.36. The van der Waals surface area contributed by atoms with E-state index in [4.69, 9.17) is 17.0 Å². The number of hydrogen-bond acceptors (Lipinski definition) is 6. The number of benzene rings is 1. The maximum atomic E-state index is 13.7. The zero-order chi connectivity index (χ0) is 24.2. The SMILES string of the molecule is [C-]#[N+]c1ccc2c(c1)OCCC2NC(=O)C(Nc1cc(-n2cccc2)nc(N)n1)C1CCCCC1. The van der Waals surface area contributed by atoms with E-state index in [0.717, 1.165) is 31.2 Å². The summed E-state index contributed by atoms with van der Waals surface area (Å²) in [7, 11) is 0. The predicted molar refractivity (Wildman–Crippen MR) is 133 cm³/mol. The molecule has 1 fully saturated rings. The fourth-order valence-electron chi connectivity index (χ4n) is 5.03. The maximum Gasteiger partial charge on any atom is 0.243 e. The van der Waals surface area contributed by atoms with Crippen LogP contribution in [0.4, 0.5) is 17.5 Å². The average Bonchev–Trinajstić information content (AvgIpc) is 3.42. The Hall–Kier alpha value is -4.06. The monoisotopic (exact) mass is 471 g/mol. The lowest BCUT2D eigenvalue weighted by Gasteiger charge is -2.33. The van der Waals surface area contributed by atoms with Crippen molar-refractivity contribution in [3.05, 3.63) is 65.8 Å². The highest BCUT2D eigenvalue weighted by atomic mass is 16.5. The minimum absolute atomic E-state index is 0.0660. The van der Waals surface area contributed by atoms with Crippen LogP contribution in [0.25, 0.3) is 10.7 Å². The molecule has 1 aliphatic carbocycles. The lowest BCUT2D eigenvalue weighted by Crippen LogP contribution is -2.47. The number of carbonyl (C=O) groups is 1. The second-order valence-electron chi connectivity index (χ2n) is 9.11. The fourth-order valence-corrected chi connectivity index (χ4v) is 5.03. The first-order valence-corrected chi connectivity index (χ1v) is 12.1. The van der Waals surface area contributed by atoms with Gasteiger partial charge in [0.2, 0.25) is 11.9 Å². The summed E-state index contributed by atoms with van der Waals surface area (Å²) in [6.07, 6.45) is 9.82. The first kappa shape index (κ1) is 22.7. The third kappa shape index (κ3) is 5.06. The van der Waals surface area contributed by atoms with Gasteiger partial charge in [-0.15, -0.1) is 0 Å². The summed E-state index contributed by atoms with van der Waals surface area (Å²) in [6, 6.07) is 10.4. The van der Waals surface area contributed by atoms with E-state index in [2.05, 4.69) is 25.4 Å². The largest absolute Gasteiger partial charge is 0.494 e. The summed E-state index contributed by atoms with van der Waals surface area (Å²) in [6.45, 7) is 7.74. The molecule has 0 radical (unpaired) electrons. The third-order valence-electron chi connectivity index (χ3n) is 6.79. The Labute approximate surface area is 204 Å². The molecular weight excluding hydrogens is 442 g/mol. The molecule has 2 aromatic heterocycles. The Morgan fingerprint density at radius 1 is 1.14 bits per heavy atom. The minimum atomic E-state index is -0.448. The second kappa shape index (κ2) is 10.1. The van der Waals surface area contributed by atoms with Gasteiger partial charge in [0.1, 0.15) is 23.4 Å². The molecule has 5 rings (SSSR count). The first-order chi connectivity index (χ1) is 17.1. The number of anilines is 2. The summed E-state index contributed by atoms with van der Waals surface area (Å²) < 4.78 is 7.62. The molecule has 3 heterocycles. The lowest BCUT2D eigenvalue weighted by molar-refractivity contribution is -0.124. The van der Waals surface area contributed by atoms with Gasteiger partial charge in [0.05, 0.1) is 19.2 Å². The predicted octanol–water partition coefficient (Wildman–Crippen LogP) is 4.40. The summed E-state index contributed by atoms with van der Waals surface area (Å²) in [5.41, 5.74) is 7.44. The molecule has 180 valence electrons. The molecule has 0 bridgehead atoms. The second-order valence-corrected chi connectivity index (χ2v) is 9.11. The van der Waals surface area contributed by atoms with Crippen LogP contribution in [0.5, 0.6) is 5.75 Å². The fraction of sp³-hybridized carbons (Fsp3) is 0.385. The van der Waals surface area contributed by atoms with Crippen molar-refractivity contribution in [3.63, 3.8) is 0 Å². The van der Waals surface area contributed by atoms with E-state index in [1.807, 2.05) is 41.2 Å². The van der Waals surface area contributed by atoms with Gasteiger partial charge < -0.3 is 25.7 Å². The maximum absolute atomic E-state index is 13.7. The summed E-state index contributed by atoms with van der Waals surface area (Å²) in [4.78, 5) is 25.9. The number of rotatable bonds is 6. The lowest BCUT2D eigenvalue weighted by atomic mass is 9.83. The van der Waals surface area contributed by atoms with Gasteiger partial charge in [-0.2, -0.15) is 9.97 Å². The van der Waals surface area contributed by atoms with Crippen LogP contribution < -0.4 is 21.1 Å². The highest BCUT2D eigenvalue weighted by Gasteiger charge is 2.33. The van der Waals surface area contributed by atoms with Crippen LogP contribution in [-0.4, -0.2) is 33.1 Å². The van der Waals surface area contributed by atoms with Gasteiger partial charge in [0, 0.05) is 30.4 Å². The molecule has 1 aromatic carbocycles. The van der Waals surface area contributed by atoms with Crippen LogP contribution in [0.3, 0.4) is 0 Å². The molecule has 1 aliphatic heterocycles. The number of nitrogen functional groups attached to an aromatic ring is 1. The molecule has 0 spiro atoms. The quantitative estimate of drug-likeness (QED) is 0.460. The van der Waals surface area contributed by atoms with Gasteiger partial charge in [0.25, 0.3) is 0 Å². The standard InChI is InChI=1S/C26H29N7O2/c1-28-18-9-10-19-20(11-14-35-21(19)15-18)29-25(34)24(17-7-3-2-4-8-17)30-22-16-23(32-26(27)31-22)33-12-5-6-13-33/h5-6,9-10,12-13,15-17,20,24H,2-4,7-8,11,14H2,(H,29,34)(H3,27,30,31,32). The van der Waals surface area contributed by atoms with Crippen LogP contribution in [-0.2, 0) is 4.79 Å². The minimum Gasteiger partial charge on any atom is -0.494 e. The van der Waals surface area contributed by atoms with Crippen molar-refractivity contribution in [3.8, 4) is 11.6 Å². The van der Waals surface area contributed by atoms with Gasteiger partial charge in [0.15, 0.2) is 5.69 Å². The molecule has 0 saturated heterocycles. The van der Waals surface area contributed by atoms with E-state index in [0.29, 0.717) is 36.1 Å². The Kier molecular flexibility index (Phi) is 6.53. The number of ether oxygens (including phenoxy) is 1. The molecule has 4 N–H and O–H groups in total. The molecule has 2 unspecified atom stereocenters. The number of nitrogens with one attached hydrogen (secondary N) is 2. The van der Waals surface area contributed by atoms with Crippen molar-refractivity contribution in [2.75, 3.05) is 17.7 Å². The van der Waals surface area contributed by atoms with E-state index in [1.54, 1.807) is 12.1 Å². The van der Waals surface area contributed by atoms with Crippen molar-refractivity contribution in [1.82, 2.24) is 19.9 Å². The van der Waals surface area contributed by atoms with Gasteiger partial charge in [-0.05, 0) is 37.0 Å². The number of amides is 1. The van der Waals surface area contributed by atoms with E-state index in [9.17, 15) is 4.79 Å². The van der Waals surface area contributed by atoms with Crippen molar-refractivity contribution in [2.45, 2.75) is 50.6 Å². The molecule has 1 saturated carbocycles. The number of nitrogens with two attached hydrogens (primary N) is 1. The molecule has 9 heteroatoms. The summed E-state index contributed by atoms with van der Waals surface area (Å²) in [5, 5.41) is 6.64. The topological polar surface area (TPSA) is 111 Å². The van der Waals surface area contributed by atoms with Crippen molar-refractivity contribution in [2.24, 2.45) is 5.92 Å². The summed E-state index contributed by atoms with van der Waals surface area (Å²) in [5.74, 6) is 2.11. The molecule has 3 aromatic rings. The van der Waals surface area contributed by atoms with Crippen molar-refractivity contribution < 1.29 is 9.53 Å². The van der Waals surface area contributed by atoms with E-state index >= 15 is 0 Å². The van der Waals surface area contributed by atoms with E-state index in [1.165, 1.54) is 6.42 Å². The van der Waals surface area contributed by atoms with Crippen LogP contribution in [0.1, 0.15) is 50.1 Å². The average molecular weight is 472 g/mol. The summed E-state index contributed by atoms with van der Waals surface area (Å²) >= 11 is 0. The molecule has 2 atom stereocenters. The Morgan fingerprint density at radius 3 is 2.71 bits per heavy atom. The number of carbonyl (C=O) groups excluding carboxylic acids is 1. The van der Waals surface area contributed by atoms with E-state index in [-0.39, 0.29) is 23.8 Å². The smallest absolute Gasteiger partial charge is 0.243 e. The van der Waals surface area contributed by atoms with Crippen LogP contribution in [0.2, 0.25) is 0 Å². The number of nitrogens with zero attached hydrogens (tertiary/aromatic N) is 4. The molecule has 9 nitrogen and oxygen atoms in total. The van der Waals surface area contributed by atoms with Gasteiger partial charge >= 0.3 is 0 Å². The Bertz CT molecular complexity index is 1230.